The van der Waals surface area contributed by atoms with Gasteiger partial charge >= 0.3 is 6.18 Å². The molecule has 0 unspecified atom stereocenters. The van der Waals surface area contributed by atoms with Crippen molar-refractivity contribution in [1.82, 2.24) is 29.5 Å². The SMILES string of the molecule is [2H]C([2H])([2H])Oc1ncnc(C2CC2)c1-c1ncc(OC)c(OCc2ccc(-c3nc(C(F)(F)F)cn3C)c(F)c2)n1. The van der Waals surface area contributed by atoms with Crippen LogP contribution in [0, 0.1) is 5.82 Å². The van der Waals surface area contributed by atoms with Gasteiger partial charge in [0.25, 0.3) is 5.88 Å². The van der Waals surface area contributed by atoms with Gasteiger partial charge < -0.3 is 18.8 Å². The summed E-state index contributed by atoms with van der Waals surface area (Å²) >= 11 is 0. The fourth-order valence-electron chi connectivity index (χ4n) is 3.89. The van der Waals surface area contributed by atoms with Gasteiger partial charge in [-0.25, -0.2) is 24.3 Å². The van der Waals surface area contributed by atoms with Crippen molar-refractivity contribution >= 4 is 0 Å². The van der Waals surface area contributed by atoms with Crippen LogP contribution in [-0.4, -0.2) is 43.6 Å². The molecule has 3 aromatic heterocycles. The molecule has 0 atom stereocenters. The molecule has 5 rings (SSSR count). The Bertz CT molecular complexity index is 1590. The maximum absolute atomic E-state index is 15.0. The summed E-state index contributed by atoms with van der Waals surface area (Å²) in [5.41, 5.74) is -0.160. The van der Waals surface area contributed by atoms with Crippen molar-refractivity contribution in [1.29, 1.82) is 0 Å². The molecule has 198 valence electrons. The molecule has 13 heteroatoms. The molecule has 0 radical (unpaired) electrons. The topological polar surface area (TPSA) is 97.1 Å². The summed E-state index contributed by atoms with van der Waals surface area (Å²) in [7, 11) is -0.0740. The first-order valence-corrected chi connectivity index (χ1v) is 11.3. The smallest absolute Gasteiger partial charge is 0.434 e. The summed E-state index contributed by atoms with van der Waals surface area (Å²) in [5.74, 6) is -0.984. The Labute approximate surface area is 218 Å². The van der Waals surface area contributed by atoms with Crippen molar-refractivity contribution in [2.45, 2.75) is 31.5 Å². The number of ether oxygens (including phenoxy) is 3. The van der Waals surface area contributed by atoms with Gasteiger partial charge in [-0.3, -0.25) is 0 Å². The maximum atomic E-state index is 15.0. The van der Waals surface area contributed by atoms with Crippen molar-refractivity contribution in [3.05, 3.63) is 59.7 Å². The number of rotatable bonds is 8. The number of hydrogen-bond acceptors (Lipinski definition) is 8. The van der Waals surface area contributed by atoms with Crippen molar-refractivity contribution < 1.29 is 35.9 Å². The van der Waals surface area contributed by atoms with Crippen molar-refractivity contribution in [3.63, 3.8) is 0 Å². The minimum Gasteiger partial charge on any atom is -0.490 e. The number of nitrogens with zero attached hydrogens (tertiary/aromatic N) is 6. The average molecular weight is 534 g/mol. The second-order valence-electron chi connectivity index (χ2n) is 8.54. The Morgan fingerprint density at radius 1 is 1.11 bits per heavy atom. The molecule has 0 bridgehead atoms. The Balaban J connectivity index is 1.43. The lowest BCUT2D eigenvalue weighted by Crippen LogP contribution is -2.06. The van der Waals surface area contributed by atoms with Crippen molar-refractivity contribution in [3.8, 4) is 40.3 Å². The van der Waals surface area contributed by atoms with Crippen LogP contribution in [-0.2, 0) is 19.8 Å². The lowest BCUT2D eigenvalue weighted by molar-refractivity contribution is -0.140. The number of benzene rings is 1. The normalized spacial score (nSPS) is 14.9. The summed E-state index contributed by atoms with van der Waals surface area (Å²) in [6.07, 6.45) is 0.338. The van der Waals surface area contributed by atoms with E-state index in [1.54, 1.807) is 0 Å². The Morgan fingerprint density at radius 2 is 1.92 bits per heavy atom. The molecule has 0 saturated heterocycles. The first kappa shape index (κ1) is 21.8. The van der Waals surface area contributed by atoms with E-state index in [-0.39, 0.29) is 52.8 Å². The predicted molar refractivity (Wildman–Crippen MR) is 126 cm³/mol. The quantitative estimate of drug-likeness (QED) is 0.293. The number of aromatic nitrogens is 6. The molecule has 9 nitrogen and oxygen atoms in total. The molecular weight excluding hydrogens is 508 g/mol. The van der Waals surface area contributed by atoms with E-state index in [4.69, 9.17) is 18.3 Å². The fraction of sp³-hybridized carbons (Fsp3) is 0.320. The van der Waals surface area contributed by atoms with Crippen LogP contribution >= 0.6 is 0 Å². The Morgan fingerprint density at radius 3 is 2.58 bits per heavy atom. The van der Waals surface area contributed by atoms with E-state index in [1.807, 2.05) is 0 Å². The molecule has 1 aliphatic carbocycles. The summed E-state index contributed by atoms with van der Waals surface area (Å²) in [5, 5.41) is 0. The van der Waals surface area contributed by atoms with Gasteiger partial charge in [0.15, 0.2) is 17.3 Å². The van der Waals surface area contributed by atoms with Gasteiger partial charge in [-0.1, -0.05) is 6.07 Å². The predicted octanol–water partition coefficient (Wildman–Crippen LogP) is 4.97. The number of imidazole rings is 1. The molecular formula is C25H22F4N6O3. The summed E-state index contributed by atoms with van der Waals surface area (Å²) in [6.45, 7) is -0.197. The van der Waals surface area contributed by atoms with E-state index < -0.39 is 24.7 Å². The van der Waals surface area contributed by atoms with Crippen molar-refractivity contribution in [2.75, 3.05) is 14.1 Å². The molecule has 0 spiro atoms. The zero-order valence-electron chi connectivity index (χ0n) is 23.1. The monoisotopic (exact) mass is 533 g/mol. The molecule has 1 saturated carbocycles. The van der Waals surface area contributed by atoms with Crippen molar-refractivity contribution in [2.24, 2.45) is 7.05 Å². The minimum absolute atomic E-state index is 0.0358. The molecule has 4 aromatic rings. The van der Waals surface area contributed by atoms with Crippen LogP contribution in [0.3, 0.4) is 0 Å². The molecule has 1 fully saturated rings. The van der Waals surface area contributed by atoms with E-state index >= 15 is 0 Å². The van der Waals surface area contributed by atoms with Crippen LogP contribution in [0.25, 0.3) is 22.8 Å². The zero-order chi connectivity index (χ0) is 29.5. The first-order chi connectivity index (χ1) is 19.3. The summed E-state index contributed by atoms with van der Waals surface area (Å²) in [6, 6.07) is 3.90. The van der Waals surface area contributed by atoms with E-state index in [1.165, 1.54) is 38.8 Å². The fourth-order valence-corrected chi connectivity index (χ4v) is 3.89. The molecule has 0 N–H and O–H groups in total. The highest BCUT2D eigenvalue weighted by Gasteiger charge is 2.35. The highest BCUT2D eigenvalue weighted by molar-refractivity contribution is 5.66. The van der Waals surface area contributed by atoms with Gasteiger partial charge in [-0.15, -0.1) is 0 Å². The van der Waals surface area contributed by atoms with Crippen LogP contribution in [0.2, 0.25) is 0 Å². The average Bonchev–Trinajstić information content (AvgIpc) is 3.67. The molecule has 0 amide bonds. The van der Waals surface area contributed by atoms with Crippen LogP contribution in [0.15, 0.2) is 36.9 Å². The van der Waals surface area contributed by atoms with Crippen LogP contribution < -0.4 is 14.2 Å². The van der Waals surface area contributed by atoms with Gasteiger partial charge in [-0.2, -0.15) is 18.2 Å². The Kier molecular flexibility index (Phi) is 5.66. The van der Waals surface area contributed by atoms with Gasteiger partial charge in [0.2, 0.25) is 5.88 Å². The second kappa shape index (κ2) is 9.88. The number of halogens is 4. The number of hydrogen-bond donors (Lipinski definition) is 0. The Hall–Kier alpha value is -4.29. The van der Waals surface area contributed by atoms with Crippen LogP contribution in [0.1, 0.15) is 39.8 Å². The van der Waals surface area contributed by atoms with Crippen LogP contribution in [0.4, 0.5) is 17.6 Å². The number of methoxy groups -OCH3 is 2. The number of aryl methyl sites for hydroxylation is 1. The molecule has 1 aromatic carbocycles. The van der Waals surface area contributed by atoms with E-state index in [9.17, 15) is 17.6 Å². The summed E-state index contributed by atoms with van der Waals surface area (Å²) < 4.78 is 93.9. The van der Waals surface area contributed by atoms with Gasteiger partial charge in [0.05, 0.1) is 35.7 Å². The lowest BCUT2D eigenvalue weighted by atomic mass is 10.1. The highest BCUT2D eigenvalue weighted by atomic mass is 19.4. The van der Waals surface area contributed by atoms with Gasteiger partial charge in [-0.05, 0) is 30.5 Å². The third kappa shape index (κ3) is 4.95. The van der Waals surface area contributed by atoms with Gasteiger partial charge in [0, 0.05) is 19.2 Å². The largest absolute Gasteiger partial charge is 0.490 e. The van der Waals surface area contributed by atoms with E-state index in [0.29, 0.717) is 11.3 Å². The van der Waals surface area contributed by atoms with E-state index in [0.717, 1.165) is 29.7 Å². The first-order valence-electron chi connectivity index (χ1n) is 12.8. The van der Waals surface area contributed by atoms with E-state index in [2.05, 4.69) is 24.9 Å². The maximum Gasteiger partial charge on any atom is 0.434 e. The zero-order valence-corrected chi connectivity index (χ0v) is 20.1. The summed E-state index contributed by atoms with van der Waals surface area (Å²) in [4.78, 5) is 20.5. The third-order valence-corrected chi connectivity index (χ3v) is 5.89. The highest BCUT2D eigenvalue weighted by Crippen LogP contribution is 2.45. The number of alkyl halides is 3. The van der Waals surface area contributed by atoms with Gasteiger partial charge in [0.1, 0.15) is 30.1 Å². The second-order valence-corrected chi connectivity index (χ2v) is 8.54. The molecule has 0 aliphatic heterocycles. The lowest BCUT2D eigenvalue weighted by Gasteiger charge is -2.14. The van der Waals surface area contributed by atoms with Crippen LogP contribution in [0.5, 0.6) is 17.5 Å². The molecule has 1 aliphatic rings. The standard InChI is InChI=1S/C25H22F4N6O3/c1-35-10-18(25(27,28)29)33-22(35)15-7-4-13(8-16(15)26)11-38-23-17(36-2)9-30-21(34-23)19-20(14-5-6-14)31-12-32-24(19)37-3/h4,7-10,12,14H,5-6,11H2,1-3H3/i3D3. The minimum atomic E-state index is -4.67. The third-order valence-electron chi connectivity index (χ3n) is 5.89. The molecule has 38 heavy (non-hydrogen) atoms. The molecule has 3 heterocycles.